The molecule has 5 rings (SSSR count). The predicted octanol–water partition coefficient (Wildman–Crippen LogP) is 4.96. The number of carbonyl (C=O) groups excluding carboxylic acids is 1. The molecule has 0 radical (unpaired) electrons. The molecule has 0 unspecified atom stereocenters. The number of hydrogen-bond donors (Lipinski definition) is 2. The number of fused-ring (bicyclic) bond motifs is 1. The maximum Gasteiger partial charge on any atom is 0.417 e. The first-order valence-corrected chi connectivity index (χ1v) is 14.7. The van der Waals surface area contributed by atoms with E-state index < -0.39 is 77.4 Å². The number of rotatable bonds is 7. The lowest BCUT2D eigenvalue weighted by atomic mass is 9.95. The molecule has 49 heavy (non-hydrogen) atoms. The number of anilines is 1. The van der Waals surface area contributed by atoms with Crippen molar-refractivity contribution in [3.63, 3.8) is 0 Å². The average molecular weight is 696 g/mol. The zero-order chi connectivity index (χ0) is 36.0. The summed E-state index contributed by atoms with van der Waals surface area (Å²) in [6.07, 6.45) is -7.69. The highest BCUT2D eigenvalue weighted by atomic mass is 19.4. The first-order valence-electron chi connectivity index (χ1n) is 14.7. The Labute approximate surface area is 273 Å². The van der Waals surface area contributed by atoms with Gasteiger partial charge < -0.3 is 24.6 Å². The van der Waals surface area contributed by atoms with Crippen molar-refractivity contribution in [1.29, 1.82) is 0 Å². The van der Waals surface area contributed by atoms with Crippen molar-refractivity contribution in [2.24, 2.45) is 7.05 Å². The summed E-state index contributed by atoms with van der Waals surface area (Å²) >= 11 is 0. The number of benzene rings is 2. The van der Waals surface area contributed by atoms with Gasteiger partial charge in [-0.3, -0.25) is 19.6 Å². The number of alkyl halides is 6. The second-order valence-electron chi connectivity index (χ2n) is 11.5. The number of ether oxygens (including phenoxy) is 1. The molecular weight excluding hydrogens is 667 g/mol. The topological polar surface area (TPSA) is 127 Å². The van der Waals surface area contributed by atoms with E-state index in [2.05, 4.69) is 15.3 Å². The average Bonchev–Trinajstić information content (AvgIpc) is 3.02. The lowest BCUT2D eigenvalue weighted by Gasteiger charge is -2.38. The number of amides is 1. The lowest BCUT2D eigenvalue weighted by molar-refractivity contribution is -0.167. The van der Waals surface area contributed by atoms with Crippen LogP contribution in [0, 0.1) is 19.7 Å². The second-order valence-corrected chi connectivity index (χ2v) is 11.5. The molecule has 10 nitrogen and oxygen atoms in total. The number of carboxylic acid groups (broad SMARTS) is 1. The minimum atomic E-state index is -4.91. The van der Waals surface area contributed by atoms with E-state index in [1.165, 1.54) is 51.5 Å². The molecule has 17 heteroatoms. The fraction of sp³-hybridized carbons (Fsp3) is 0.344. The van der Waals surface area contributed by atoms with Gasteiger partial charge in [0.25, 0.3) is 11.5 Å². The number of aliphatic carboxylic acids is 1. The van der Waals surface area contributed by atoms with Crippen LogP contribution in [0.3, 0.4) is 0 Å². The van der Waals surface area contributed by atoms with E-state index in [1.807, 2.05) is 0 Å². The Hall–Kier alpha value is -5.06. The van der Waals surface area contributed by atoms with Crippen LogP contribution in [0.4, 0.5) is 36.4 Å². The standard InChI is InChI=1S/C32H28F7N5O5/c1-15-10-18(44-8-9-49-14-23(44)32(37,38)39)13-21(33)24(15)28(45)42-22(30(47)48)12-17-4-5-19(27-26(17)40-6-7-41-27)25-20(31(34,35)36)11-16(2)43(3)29(25)46/h4-7,10-11,13,22-23H,8-9,12,14H2,1-3H3,(H,42,45)(H,47,48)/t22-,23+/m0/s1. The van der Waals surface area contributed by atoms with Crippen molar-refractivity contribution >= 4 is 28.6 Å². The number of aromatic nitrogens is 3. The van der Waals surface area contributed by atoms with Crippen molar-refractivity contribution in [1.82, 2.24) is 19.9 Å². The summed E-state index contributed by atoms with van der Waals surface area (Å²) in [7, 11) is 1.31. The van der Waals surface area contributed by atoms with E-state index in [4.69, 9.17) is 4.74 Å². The number of carbonyl (C=O) groups is 2. The van der Waals surface area contributed by atoms with Crippen molar-refractivity contribution < 1.29 is 50.2 Å². The smallest absolute Gasteiger partial charge is 0.417 e. The van der Waals surface area contributed by atoms with Crippen LogP contribution in [0.25, 0.3) is 22.2 Å². The molecule has 1 amide bonds. The van der Waals surface area contributed by atoms with Crippen LogP contribution in [0.2, 0.25) is 0 Å². The fourth-order valence-electron chi connectivity index (χ4n) is 5.80. The summed E-state index contributed by atoms with van der Waals surface area (Å²) in [5.74, 6) is -3.92. The summed E-state index contributed by atoms with van der Waals surface area (Å²) < 4.78 is 104. The molecule has 2 atom stereocenters. The van der Waals surface area contributed by atoms with Gasteiger partial charge in [-0.15, -0.1) is 0 Å². The van der Waals surface area contributed by atoms with E-state index in [0.29, 0.717) is 0 Å². The predicted molar refractivity (Wildman–Crippen MR) is 162 cm³/mol. The quantitative estimate of drug-likeness (QED) is 0.260. The van der Waals surface area contributed by atoms with Crippen LogP contribution >= 0.6 is 0 Å². The Balaban J connectivity index is 1.48. The zero-order valence-electron chi connectivity index (χ0n) is 26.0. The van der Waals surface area contributed by atoms with Crippen LogP contribution in [0.15, 0.2) is 47.5 Å². The van der Waals surface area contributed by atoms with E-state index >= 15 is 4.39 Å². The van der Waals surface area contributed by atoms with Gasteiger partial charge in [0, 0.05) is 49.4 Å². The third-order valence-corrected chi connectivity index (χ3v) is 8.32. The molecule has 1 saturated heterocycles. The first kappa shape index (κ1) is 35.3. The van der Waals surface area contributed by atoms with Gasteiger partial charge in [0.05, 0.1) is 40.9 Å². The maximum absolute atomic E-state index is 15.4. The van der Waals surface area contributed by atoms with Gasteiger partial charge in [-0.1, -0.05) is 12.1 Å². The van der Waals surface area contributed by atoms with Crippen molar-refractivity contribution in [3.05, 3.63) is 86.8 Å². The molecule has 0 bridgehead atoms. The van der Waals surface area contributed by atoms with Crippen LogP contribution in [-0.2, 0) is 29.2 Å². The molecule has 2 N–H and O–H groups in total. The van der Waals surface area contributed by atoms with Crippen LogP contribution in [0.5, 0.6) is 0 Å². The van der Waals surface area contributed by atoms with Gasteiger partial charge in [-0.05, 0) is 43.2 Å². The highest BCUT2D eigenvalue weighted by molar-refractivity contribution is 5.99. The minimum Gasteiger partial charge on any atom is -0.480 e. The van der Waals surface area contributed by atoms with Gasteiger partial charge in [0.2, 0.25) is 0 Å². The second kappa shape index (κ2) is 13.1. The van der Waals surface area contributed by atoms with Crippen molar-refractivity contribution in [2.75, 3.05) is 24.7 Å². The highest BCUT2D eigenvalue weighted by Gasteiger charge is 2.46. The number of nitrogens with zero attached hydrogens (tertiary/aromatic N) is 4. The molecule has 1 fully saturated rings. The Bertz CT molecular complexity index is 1990. The Morgan fingerprint density at radius 2 is 1.73 bits per heavy atom. The third kappa shape index (κ3) is 6.93. The molecule has 3 heterocycles. The Kier molecular flexibility index (Phi) is 9.42. The number of halogens is 7. The molecule has 260 valence electrons. The number of morpholine rings is 1. The van der Waals surface area contributed by atoms with Crippen molar-refractivity contribution in [3.8, 4) is 11.1 Å². The molecule has 0 saturated carbocycles. The normalized spacial score (nSPS) is 16.1. The maximum atomic E-state index is 15.4. The van der Waals surface area contributed by atoms with Crippen LogP contribution < -0.4 is 15.8 Å². The number of hydrogen-bond acceptors (Lipinski definition) is 7. The molecule has 0 aliphatic carbocycles. The molecule has 1 aliphatic rings. The number of pyridine rings is 1. The number of carboxylic acids is 1. The Morgan fingerprint density at radius 3 is 2.35 bits per heavy atom. The van der Waals surface area contributed by atoms with E-state index in [0.717, 1.165) is 21.6 Å². The lowest BCUT2D eigenvalue weighted by Crippen LogP contribution is -2.53. The molecule has 4 aromatic rings. The third-order valence-electron chi connectivity index (χ3n) is 8.32. The van der Waals surface area contributed by atoms with Crippen molar-refractivity contribution in [2.45, 2.75) is 44.7 Å². The molecule has 2 aromatic heterocycles. The largest absolute Gasteiger partial charge is 0.480 e. The minimum absolute atomic E-state index is 0.0407. The van der Waals surface area contributed by atoms with E-state index in [9.17, 15) is 45.8 Å². The first-order chi connectivity index (χ1) is 22.9. The summed E-state index contributed by atoms with van der Waals surface area (Å²) in [6.45, 7) is 1.73. The fourth-order valence-corrected chi connectivity index (χ4v) is 5.80. The van der Waals surface area contributed by atoms with Gasteiger partial charge in [-0.25, -0.2) is 9.18 Å². The number of nitrogens with one attached hydrogen (secondary N) is 1. The number of aryl methyl sites for hydroxylation is 2. The molecule has 0 spiro atoms. The Morgan fingerprint density at radius 1 is 1.06 bits per heavy atom. The van der Waals surface area contributed by atoms with Gasteiger partial charge in [-0.2, -0.15) is 26.3 Å². The van der Waals surface area contributed by atoms with Crippen LogP contribution in [-0.4, -0.2) is 69.5 Å². The molecule has 1 aliphatic heterocycles. The summed E-state index contributed by atoms with van der Waals surface area (Å²) in [5, 5.41) is 12.2. The van der Waals surface area contributed by atoms with E-state index in [1.54, 1.807) is 0 Å². The zero-order valence-corrected chi connectivity index (χ0v) is 26.0. The summed E-state index contributed by atoms with van der Waals surface area (Å²) in [5.41, 5.74) is -3.86. The highest BCUT2D eigenvalue weighted by Crippen LogP contribution is 2.38. The van der Waals surface area contributed by atoms with Gasteiger partial charge in [0.1, 0.15) is 17.9 Å². The monoisotopic (exact) mass is 695 g/mol. The van der Waals surface area contributed by atoms with E-state index in [-0.39, 0.29) is 52.3 Å². The SMILES string of the molecule is Cc1cc(N2CCOC[C@@H]2C(F)(F)F)cc(F)c1C(=O)N[C@@H](Cc1ccc(-c2c(C(F)(F)F)cc(C)n(C)c2=O)c2nccnc12)C(=O)O. The van der Waals surface area contributed by atoms with Gasteiger partial charge >= 0.3 is 18.3 Å². The van der Waals surface area contributed by atoms with Gasteiger partial charge in [0.15, 0.2) is 0 Å². The van der Waals surface area contributed by atoms with Crippen LogP contribution in [0.1, 0.15) is 32.7 Å². The molecular formula is C32H28F7N5O5. The summed E-state index contributed by atoms with van der Waals surface area (Å²) in [6, 6.07) is 1.43. The molecule has 2 aromatic carbocycles. The summed E-state index contributed by atoms with van der Waals surface area (Å²) in [4.78, 5) is 47.9.